The van der Waals surface area contributed by atoms with E-state index >= 15 is 0 Å². The largest absolute Gasteiger partial charge is 0.480 e. The van der Waals surface area contributed by atoms with Gasteiger partial charge in [0.2, 0.25) is 17.7 Å². The Morgan fingerprint density at radius 2 is 1.59 bits per heavy atom. The van der Waals surface area contributed by atoms with Gasteiger partial charge >= 0.3 is 5.97 Å². The lowest BCUT2D eigenvalue weighted by molar-refractivity contribution is -0.143. The van der Waals surface area contributed by atoms with E-state index in [1.54, 1.807) is 20.8 Å². The van der Waals surface area contributed by atoms with Gasteiger partial charge in [-0.1, -0.05) is 40.5 Å². The second-order valence-electron chi connectivity index (χ2n) is 7.61. The van der Waals surface area contributed by atoms with Gasteiger partial charge in [-0.05, 0) is 31.2 Å². The summed E-state index contributed by atoms with van der Waals surface area (Å²) in [6.45, 7) is 7.20. The van der Waals surface area contributed by atoms with Crippen LogP contribution in [0.3, 0.4) is 0 Å². The van der Waals surface area contributed by atoms with Crippen LogP contribution in [-0.2, 0) is 19.2 Å². The lowest BCUT2D eigenvalue weighted by Crippen LogP contribution is -2.56. The molecule has 0 heterocycles. The van der Waals surface area contributed by atoms with E-state index in [0.717, 1.165) is 6.42 Å². The van der Waals surface area contributed by atoms with Crippen molar-refractivity contribution in [1.82, 2.24) is 16.0 Å². The molecule has 10 nitrogen and oxygen atoms in total. The molecule has 0 saturated heterocycles. The van der Waals surface area contributed by atoms with Gasteiger partial charge in [-0.2, -0.15) is 0 Å². The summed E-state index contributed by atoms with van der Waals surface area (Å²) in [5.41, 5.74) is 11.2. The first-order valence-corrected chi connectivity index (χ1v) is 10.1. The fourth-order valence-corrected chi connectivity index (χ4v) is 2.62. The molecule has 0 aliphatic carbocycles. The number of hydrogen-bond donors (Lipinski definition) is 6. The van der Waals surface area contributed by atoms with Gasteiger partial charge in [0.25, 0.3) is 0 Å². The summed E-state index contributed by atoms with van der Waals surface area (Å²) in [6, 6.07) is -2.70. The highest BCUT2D eigenvalue weighted by molar-refractivity contribution is 5.92. The predicted molar refractivity (Wildman–Crippen MR) is 110 cm³/mol. The number of aliphatic carboxylic acids is 1. The summed E-state index contributed by atoms with van der Waals surface area (Å²) in [7, 11) is 0. The summed E-state index contributed by atoms with van der Waals surface area (Å²) in [5, 5.41) is 16.8. The summed E-state index contributed by atoms with van der Waals surface area (Å²) in [4.78, 5) is 48.1. The van der Waals surface area contributed by atoms with Crippen LogP contribution in [0.4, 0.5) is 0 Å². The van der Waals surface area contributed by atoms with Crippen LogP contribution in [0.15, 0.2) is 0 Å². The SMILES string of the molecule is CCC(C)C(NC(=O)CNC(=O)C(N)CCCCN)C(=O)NC(C(=O)O)C(C)C. The van der Waals surface area contributed by atoms with Crippen LogP contribution in [-0.4, -0.2) is 60.0 Å². The second kappa shape index (κ2) is 13.9. The minimum absolute atomic E-state index is 0.227. The zero-order valence-corrected chi connectivity index (χ0v) is 17.9. The lowest BCUT2D eigenvalue weighted by Gasteiger charge is -2.26. The summed E-state index contributed by atoms with van der Waals surface area (Å²) in [6.07, 6.45) is 2.54. The Kier molecular flexibility index (Phi) is 12.8. The summed E-state index contributed by atoms with van der Waals surface area (Å²) < 4.78 is 0. The maximum Gasteiger partial charge on any atom is 0.326 e. The molecule has 8 N–H and O–H groups in total. The minimum Gasteiger partial charge on any atom is -0.480 e. The summed E-state index contributed by atoms with van der Waals surface area (Å²) in [5.74, 6) is -3.26. The number of nitrogens with one attached hydrogen (secondary N) is 3. The van der Waals surface area contributed by atoms with E-state index in [1.165, 1.54) is 0 Å². The molecule has 4 unspecified atom stereocenters. The Labute approximate surface area is 172 Å². The normalized spacial score (nSPS) is 15.1. The van der Waals surface area contributed by atoms with Crippen LogP contribution in [0.25, 0.3) is 0 Å². The number of carbonyl (C=O) groups is 4. The van der Waals surface area contributed by atoms with Gasteiger partial charge in [-0.15, -0.1) is 0 Å². The average Bonchev–Trinajstić information content (AvgIpc) is 2.66. The third kappa shape index (κ3) is 10.2. The van der Waals surface area contributed by atoms with Gasteiger partial charge in [-0.3, -0.25) is 14.4 Å². The molecule has 0 radical (unpaired) electrons. The quantitative estimate of drug-likeness (QED) is 0.203. The van der Waals surface area contributed by atoms with Crippen LogP contribution in [0.5, 0.6) is 0 Å². The molecule has 0 aromatic rings. The number of carboxylic acids is 1. The van der Waals surface area contributed by atoms with Gasteiger partial charge in [0, 0.05) is 0 Å². The maximum atomic E-state index is 12.6. The van der Waals surface area contributed by atoms with E-state index < -0.39 is 41.8 Å². The van der Waals surface area contributed by atoms with Crippen molar-refractivity contribution in [3.63, 3.8) is 0 Å². The highest BCUT2D eigenvalue weighted by Gasteiger charge is 2.31. The maximum absolute atomic E-state index is 12.6. The van der Waals surface area contributed by atoms with Crippen LogP contribution >= 0.6 is 0 Å². The zero-order valence-electron chi connectivity index (χ0n) is 17.9. The number of nitrogens with two attached hydrogens (primary N) is 2. The molecule has 0 bridgehead atoms. The van der Waals surface area contributed by atoms with Gasteiger partial charge in [-0.25, -0.2) is 4.79 Å². The van der Waals surface area contributed by atoms with E-state index in [9.17, 15) is 24.3 Å². The molecule has 29 heavy (non-hydrogen) atoms. The zero-order chi connectivity index (χ0) is 22.6. The van der Waals surface area contributed by atoms with E-state index in [0.29, 0.717) is 25.8 Å². The highest BCUT2D eigenvalue weighted by atomic mass is 16.4. The smallest absolute Gasteiger partial charge is 0.326 e. The predicted octanol–water partition coefficient (Wildman–Crippen LogP) is -0.685. The average molecular weight is 416 g/mol. The number of rotatable bonds is 14. The molecule has 0 fully saturated rings. The molecule has 3 amide bonds. The Bertz CT molecular complexity index is 555. The molecule has 10 heteroatoms. The number of carbonyl (C=O) groups excluding carboxylic acids is 3. The fraction of sp³-hybridized carbons (Fsp3) is 0.789. The first-order chi connectivity index (χ1) is 13.5. The monoisotopic (exact) mass is 415 g/mol. The molecule has 0 aromatic carbocycles. The third-order valence-electron chi connectivity index (χ3n) is 4.77. The third-order valence-corrected chi connectivity index (χ3v) is 4.77. The molecule has 0 aliphatic heterocycles. The summed E-state index contributed by atoms with van der Waals surface area (Å²) >= 11 is 0. The van der Waals surface area contributed by atoms with Crippen molar-refractivity contribution in [2.24, 2.45) is 23.3 Å². The van der Waals surface area contributed by atoms with E-state index in [4.69, 9.17) is 11.5 Å². The van der Waals surface area contributed by atoms with Gasteiger partial charge < -0.3 is 32.5 Å². The van der Waals surface area contributed by atoms with E-state index in [1.807, 2.05) is 6.92 Å². The molecule has 0 spiro atoms. The molecule has 0 saturated carbocycles. The van der Waals surface area contributed by atoms with Crippen molar-refractivity contribution in [3.8, 4) is 0 Å². The highest BCUT2D eigenvalue weighted by Crippen LogP contribution is 2.10. The van der Waals surface area contributed by atoms with Crippen LogP contribution < -0.4 is 27.4 Å². The van der Waals surface area contributed by atoms with Gasteiger partial charge in [0.15, 0.2) is 0 Å². The van der Waals surface area contributed by atoms with Crippen LogP contribution in [0.2, 0.25) is 0 Å². The van der Waals surface area contributed by atoms with E-state index in [2.05, 4.69) is 16.0 Å². The topological polar surface area (TPSA) is 177 Å². The molecule has 4 atom stereocenters. The molecule has 168 valence electrons. The standard InChI is InChI=1S/C19H37N5O5/c1-5-12(4)16(18(27)24-15(11(2)3)19(28)29)23-14(25)10-22-17(26)13(21)8-6-7-9-20/h11-13,15-16H,5-10,20-21H2,1-4H3,(H,22,26)(H,23,25)(H,24,27)(H,28,29). The lowest BCUT2D eigenvalue weighted by atomic mass is 9.96. The first kappa shape index (κ1) is 26.8. The number of unbranched alkanes of at least 4 members (excludes halogenated alkanes) is 1. The first-order valence-electron chi connectivity index (χ1n) is 10.1. The van der Waals surface area contributed by atoms with Crippen LogP contribution in [0, 0.1) is 11.8 Å². The molecule has 0 aliphatic rings. The number of hydrogen-bond acceptors (Lipinski definition) is 6. The van der Waals surface area contributed by atoms with Crippen molar-refractivity contribution < 1.29 is 24.3 Å². The Hall–Kier alpha value is -2.20. The van der Waals surface area contributed by atoms with Gasteiger partial charge in [0.1, 0.15) is 12.1 Å². The Balaban J connectivity index is 4.81. The van der Waals surface area contributed by atoms with Gasteiger partial charge in [0.05, 0.1) is 12.6 Å². The molecular formula is C19H37N5O5. The number of amides is 3. The molecule has 0 rings (SSSR count). The van der Waals surface area contributed by atoms with Crippen molar-refractivity contribution in [2.45, 2.75) is 71.5 Å². The van der Waals surface area contributed by atoms with Crippen molar-refractivity contribution in [1.29, 1.82) is 0 Å². The molecule has 0 aromatic heterocycles. The van der Waals surface area contributed by atoms with Crippen molar-refractivity contribution in [2.75, 3.05) is 13.1 Å². The van der Waals surface area contributed by atoms with Crippen LogP contribution in [0.1, 0.15) is 53.4 Å². The fourth-order valence-electron chi connectivity index (χ4n) is 2.62. The van der Waals surface area contributed by atoms with Crippen molar-refractivity contribution >= 4 is 23.7 Å². The second-order valence-corrected chi connectivity index (χ2v) is 7.61. The Morgan fingerprint density at radius 1 is 0.966 bits per heavy atom. The minimum atomic E-state index is -1.14. The van der Waals surface area contributed by atoms with Crippen molar-refractivity contribution in [3.05, 3.63) is 0 Å². The molecular weight excluding hydrogens is 378 g/mol. The Morgan fingerprint density at radius 3 is 2.07 bits per heavy atom. The number of carboxylic acid groups (broad SMARTS) is 1. The van der Waals surface area contributed by atoms with E-state index in [-0.39, 0.29) is 18.4 Å².